The van der Waals surface area contributed by atoms with Crippen molar-refractivity contribution in [3.8, 4) is 0 Å². The highest BCUT2D eigenvalue weighted by Crippen LogP contribution is 2.33. The lowest BCUT2D eigenvalue weighted by atomic mass is 9.95. The number of fused-ring (bicyclic) bond motifs is 1. The summed E-state index contributed by atoms with van der Waals surface area (Å²) in [5.74, 6) is 0.368. The summed E-state index contributed by atoms with van der Waals surface area (Å²) in [6.45, 7) is 6.64. The molecular weight excluding hydrogens is 518 g/mol. The lowest BCUT2D eigenvalue weighted by Crippen LogP contribution is -2.41. The zero-order chi connectivity index (χ0) is 26.9. The van der Waals surface area contributed by atoms with Gasteiger partial charge in [0.05, 0.1) is 27.9 Å². The van der Waals surface area contributed by atoms with Crippen LogP contribution in [0.25, 0.3) is 10.2 Å². The Labute approximate surface area is 228 Å². The normalized spacial score (nSPS) is 14.8. The van der Waals surface area contributed by atoms with Gasteiger partial charge in [0.15, 0.2) is 5.13 Å². The fourth-order valence-corrected chi connectivity index (χ4v) is 7.86. The molecule has 200 valence electrons. The molecule has 0 aliphatic heterocycles. The molecule has 4 aromatic rings. The quantitative estimate of drug-likeness (QED) is 0.243. The van der Waals surface area contributed by atoms with Crippen molar-refractivity contribution in [2.75, 3.05) is 11.4 Å². The van der Waals surface area contributed by atoms with E-state index in [-0.39, 0.29) is 23.4 Å². The minimum absolute atomic E-state index is 0.0372. The van der Waals surface area contributed by atoms with Crippen LogP contribution in [0.5, 0.6) is 0 Å². The van der Waals surface area contributed by atoms with Crippen molar-refractivity contribution in [3.63, 3.8) is 0 Å². The zero-order valence-electron chi connectivity index (χ0n) is 22.0. The summed E-state index contributed by atoms with van der Waals surface area (Å²) < 4.78 is 35.1. The molecule has 0 N–H and O–H groups in total. The van der Waals surface area contributed by atoms with Crippen molar-refractivity contribution in [1.29, 1.82) is 0 Å². The maximum absolute atomic E-state index is 13.8. The molecule has 9 heteroatoms. The maximum Gasteiger partial charge on any atom is 0.260 e. The molecular formula is C29H33N3O4S2. The largest absolute Gasteiger partial charge is 0.467 e. The molecule has 5 rings (SSSR count). The number of aromatic nitrogens is 1. The molecule has 1 fully saturated rings. The molecule has 0 saturated heterocycles. The number of sulfonamides is 1. The number of amides is 1. The summed E-state index contributed by atoms with van der Waals surface area (Å²) in [4.78, 5) is 20.3. The van der Waals surface area contributed by atoms with E-state index in [1.807, 2.05) is 26.0 Å². The molecule has 0 atom stereocenters. The van der Waals surface area contributed by atoms with Gasteiger partial charge in [-0.2, -0.15) is 4.31 Å². The number of thiazole rings is 1. The van der Waals surface area contributed by atoms with Crippen LogP contribution in [0.1, 0.15) is 66.3 Å². The van der Waals surface area contributed by atoms with E-state index in [0.717, 1.165) is 47.9 Å². The highest BCUT2D eigenvalue weighted by molar-refractivity contribution is 7.89. The number of benzene rings is 2. The van der Waals surface area contributed by atoms with Gasteiger partial charge in [-0.05, 0) is 86.3 Å². The Morgan fingerprint density at radius 3 is 2.42 bits per heavy atom. The monoisotopic (exact) mass is 551 g/mol. The SMILES string of the molecule is CCN(C1CCCCC1)S(=O)(=O)c1ccc(C(=O)N(Cc2ccco2)c2nc3cc(C)c(C)cc3s2)cc1. The third kappa shape index (κ3) is 5.28. The molecule has 7 nitrogen and oxygen atoms in total. The molecule has 1 saturated carbocycles. The van der Waals surface area contributed by atoms with Crippen LogP contribution in [-0.4, -0.2) is 36.2 Å². The Morgan fingerprint density at radius 2 is 1.76 bits per heavy atom. The van der Waals surface area contributed by atoms with Crippen LogP contribution in [0.15, 0.2) is 64.1 Å². The van der Waals surface area contributed by atoms with E-state index in [0.29, 0.717) is 23.0 Å². The lowest BCUT2D eigenvalue weighted by molar-refractivity contribution is 0.0983. The van der Waals surface area contributed by atoms with Crippen molar-refractivity contribution < 1.29 is 17.6 Å². The molecule has 0 unspecified atom stereocenters. The first-order chi connectivity index (χ1) is 18.3. The number of furan rings is 1. The lowest BCUT2D eigenvalue weighted by Gasteiger charge is -2.32. The average molecular weight is 552 g/mol. The van der Waals surface area contributed by atoms with Crippen LogP contribution >= 0.6 is 11.3 Å². The molecule has 1 aliphatic carbocycles. The van der Waals surface area contributed by atoms with Crippen LogP contribution in [-0.2, 0) is 16.6 Å². The van der Waals surface area contributed by atoms with Crippen LogP contribution in [0.4, 0.5) is 5.13 Å². The number of rotatable bonds is 8. The second kappa shape index (κ2) is 11.0. The topological polar surface area (TPSA) is 83.7 Å². The van der Waals surface area contributed by atoms with Crippen LogP contribution < -0.4 is 4.90 Å². The van der Waals surface area contributed by atoms with Crippen LogP contribution in [0.2, 0.25) is 0 Å². The third-order valence-corrected chi connectivity index (χ3v) is 10.4. The third-order valence-electron chi connectivity index (χ3n) is 7.36. The van der Waals surface area contributed by atoms with Crippen molar-refractivity contribution in [3.05, 3.63) is 77.2 Å². The number of anilines is 1. The van der Waals surface area contributed by atoms with E-state index in [9.17, 15) is 13.2 Å². The second-order valence-electron chi connectivity index (χ2n) is 9.90. The first kappa shape index (κ1) is 26.6. The molecule has 0 bridgehead atoms. The van der Waals surface area contributed by atoms with E-state index >= 15 is 0 Å². The Kier molecular flexibility index (Phi) is 7.70. The highest BCUT2D eigenvalue weighted by Gasteiger charge is 2.31. The molecule has 38 heavy (non-hydrogen) atoms. The number of hydrogen-bond donors (Lipinski definition) is 0. The van der Waals surface area contributed by atoms with Crippen molar-refractivity contribution in [2.24, 2.45) is 0 Å². The molecule has 1 amide bonds. The fourth-order valence-electron chi connectivity index (χ4n) is 5.12. The van der Waals surface area contributed by atoms with Gasteiger partial charge in [0.2, 0.25) is 10.0 Å². The van der Waals surface area contributed by atoms with E-state index < -0.39 is 10.0 Å². The summed E-state index contributed by atoms with van der Waals surface area (Å²) >= 11 is 1.45. The number of nitrogens with zero attached hydrogens (tertiary/aromatic N) is 3. The molecule has 0 spiro atoms. The second-order valence-corrected chi connectivity index (χ2v) is 12.8. The van der Waals surface area contributed by atoms with Gasteiger partial charge in [0, 0.05) is 18.2 Å². The standard InChI is InChI=1S/C29H33N3O4S2/c1-4-32(23-9-6-5-7-10-23)38(34,35)25-14-12-22(13-15-25)28(33)31(19-24-11-8-16-36-24)29-30-26-17-20(2)21(3)18-27(26)37-29/h8,11-18,23H,4-7,9-10,19H2,1-3H3. The van der Waals surface area contributed by atoms with Gasteiger partial charge in [-0.3, -0.25) is 9.69 Å². The summed E-state index contributed by atoms with van der Waals surface area (Å²) in [5.41, 5.74) is 3.55. The Morgan fingerprint density at radius 1 is 1.05 bits per heavy atom. The first-order valence-electron chi connectivity index (χ1n) is 13.1. The number of carbonyl (C=O) groups is 1. The predicted molar refractivity (Wildman–Crippen MR) is 151 cm³/mol. The smallest absolute Gasteiger partial charge is 0.260 e. The van der Waals surface area contributed by atoms with E-state index in [1.54, 1.807) is 45.8 Å². The van der Waals surface area contributed by atoms with E-state index in [2.05, 4.69) is 13.0 Å². The van der Waals surface area contributed by atoms with Gasteiger partial charge >= 0.3 is 0 Å². The molecule has 2 aromatic heterocycles. The van der Waals surface area contributed by atoms with E-state index in [4.69, 9.17) is 9.40 Å². The maximum atomic E-state index is 13.8. The Balaban J connectivity index is 1.45. The van der Waals surface area contributed by atoms with Crippen molar-refractivity contribution in [2.45, 2.75) is 70.4 Å². The molecule has 2 heterocycles. The van der Waals surface area contributed by atoms with Gasteiger partial charge in [0.25, 0.3) is 5.91 Å². The van der Waals surface area contributed by atoms with Gasteiger partial charge in [-0.25, -0.2) is 13.4 Å². The molecule has 1 aliphatic rings. The Bertz CT molecular complexity index is 1480. The summed E-state index contributed by atoms with van der Waals surface area (Å²) in [7, 11) is -3.65. The van der Waals surface area contributed by atoms with Crippen LogP contribution in [0.3, 0.4) is 0 Å². The summed E-state index contributed by atoms with van der Waals surface area (Å²) in [5, 5.41) is 0.567. The average Bonchev–Trinajstić information content (AvgIpc) is 3.58. The molecule has 2 aromatic carbocycles. The zero-order valence-corrected chi connectivity index (χ0v) is 23.6. The number of hydrogen-bond acceptors (Lipinski definition) is 6. The number of aryl methyl sites for hydroxylation is 2. The number of carbonyl (C=O) groups excluding carboxylic acids is 1. The van der Waals surface area contributed by atoms with Crippen LogP contribution in [0, 0.1) is 13.8 Å². The van der Waals surface area contributed by atoms with E-state index in [1.165, 1.54) is 16.9 Å². The fraction of sp³-hybridized carbons (Fsp3) is 0.379. The minimum Gasteiger partial charge on any atom is -0.467 e. The van der Waals surface area contributed by atoms with Gasteiger partial charge in [-0.15, -0.1) is 0 Å². The molecule has 0 radical (unpaired) electrons. The summed E-state index contributed by atoms with van der Waals surface area (Å²) in [6.07, 6.45) is 6.64. The first-order valence-corrected chi connectivity index (χ1v) is 15.4. The Hall–Kier alpha value is -3.01. The van der Waals surface area contributed by atoms with Gasteiger partial charge < -0.3 is 4.42 Å². The predicted octanol–water partition coefficient (Wildman–Crippen LogP) is 6.70. The van der Waals surface area contributed by atoms with Gasteiger partial charge in [-0.1, -0.05) is 37.5 Å². The highest BCUT2D eigenvalue weighted by atomic mass is 32.2. The van der Waals surface area contributed by atoms with Crippen molar-refractivity contribution >= 4 is 42.6 Å². The van der Waals surface area contributed by atoms with Gasteiger partial charge in [0.1, 0.15) is 5.76 Å². The minimum atomic E-state index is -3.65. The van der Waals surface area contributed by atoms with Crippen molar-refractivity contribution in [1.82, 2.24) is 9.29 Å². The summed E-state index contributed by atoms with van der Waals surface area (Å²) in [6, 6.07) is 14.1.